The first-order valence-electron chi connectivity index (χ1n) is 9.74. The van der Waals surface area contributed by atoms with E-state index in [-0.39, 0.29) is 10.1 Å². The minimum atomic E-state index is 0.150. The van der Waals surface area contributed by atoms with E-state index >= 15 is 0 Å². The van der Waals surface area contributed by atoms with Gasteiger partial charge in [0.1, 0.15) is 4.20 Å². The summed E-state index contributed by atoms with van der Waals surface area (Å²) in [6.07, 6.45) is 2.22. The number of hydrogen-bond donors (Lipinski definition) is 1. The molecule has 3 aliphatic heterocycles. The number of rotatable bonds is 1. The number of piperazine rings is 1. The Kier molecular flexibility index (Phi) is 4.63. The van der Waals surface area contributed by atoms with Crippen LogP contribution in [-0.2, 0) is 0 Å². The summed E-state index contributed by atoms with van der Waals surface area (Å²) in [4.78, 5) is 18.1. The van der Waals surface area contributed by atoms with Crippen molar-refractivity contribution >= 4 is 40.2 Å². The number of fused-ring (bicyclic) bond motifs is 3. The normalized spacial score (nSPS) is 31.4. The maximum Gasteiger partial charge on any atom is 0.254 e. The van der Waals surface area contributed by atoms with E-state index < -0.39 is 0 Å². The zero-order valence-electron chi connectivity index (χ0n) is 15.3. The van der Waals surface area contributed by atoms with Crippen LogP contribution in [0.3, 0.4) is 0 Å². The minimum Gasteiger partial charge on any atom is -0.336 e. The maximum atomic E-state index is 13.3. The smallest absolute Gasteiger partial charge is 0.254 e. The SMILES string of the molecule is N[C@@H]1CSC2(C1)SCC[C@H]1CN(C(=O)c3cccc4ccccc34)CCN12. The van der Waals surface area contributed by atoms with Crippen LogP contribution in [0, 0.1) is 0 Å². The van der Waals surface area contributed by atoms with Crippen molar-refractivity contribution in [3.8, 4) is 0 Å². The lowest BCUT2D eigenvalue weighted by atomic mass is 10.0. The molecule has 5 rings (SSSR count). The molecule has 6 heteroatoms. The molecule has 0 bridgehead atoms. The molecule has 3 fully saturated rings. The molecule has 1 unspecified atom stereocenters. The molecule has 0 aliphatic carbocycles. The predicted octanol–water partition coefficient (Wildman–Crippen LogP) is 3.22. The highest BCUT2D eigenvalue weighted by Gasteiger charge is 2.50. The number of carbonyl (C=O) groups excluding carboxylic acids is 1. The predicted molar refractivity (Wildman–Crippen MR) is 115 cm³/mol. The lowest BCUT2D eigenvalue weighted by Crippen LogP contribution is -2.62. The minimum absolute atomic E-state index is 0.150. The standard InChI is InChI=1S/C21H25N3OS2/c22-16-12-21(27-14-16)24-10-9-23(13-17(24)8-11-26-21)20(25)19-7-3-5-15-4-1-2-6-18(15)19/h1-7,16-17H,8-14,22H2/t16-,17-,21?/m0/s1. The quantitative estimate of drug-likeness (QED) is 0.798. The molecule has 0 saturated carbocycles. The van der Waals surface area contributed by atoms with E-state index in [9.17, 15) is 4.79 Å². The van der Waals surface area contributed by atoms with Crippen molar-refractivity contribution in [3.63, 3.8) is 0 Å². The number of amides is 1. The Morgan fingerprint density at radius 2 is 1.96 bits per heavy atom. The summed E-state index contributed by atoms with van der Waals surface area (Å²) >= 11 is 4.10. The molecule has 1 amide bonds. The van der Waals surface area contributed by atoms with Gasteiger partial charge in [0.25, 0.3) is 5.91 Å². The lowest BCUT2D eigenvalue weighted by molar-refractivity contribution is 0.0365. The molecular formula is C21H25N3OS2. The third-order valence-electron chi connectivity index (χ3n) is 6.05. The van der Waals surface area contributed by atoms with Crippen molar-refractivity contribution in [2.45, 2.75) is 29.1 Å². The van der Waals surface area contributed by atoms with E-state index in [1.165, 1.54) is 0 Å². The number of benzene rings is 2. The molecule has 4 nitrogen and oxygen atoms in total. The average Bonchev–Trinajstić information content (AvgIpc) is 3.08. The third kappa shape index (κ3) is 3.07. The first kappa shape index (κ1) is 17.9. The molecule has 2 aromatic carbocycles. The van der Waals surface area contributed by atoms with Crippen molar-refractivity contribution in [1.82, 2.24) is 9.80 Å². The Morgan fingerprint density at radius 1 is 1.11 bits per heavy atom. The summed E-state index contributed by atoms with van der Waals surface area (Å²) in [5.74, 6) is 2.39. The second-order valence-corrected chi connectivity index (χ2v) is 10.7. The summed E-state index contributed by atoms with van der Waals surface area (Å²) in [6, 6.07) is 15.0. The summed E-state index contributed by atoms with van der Waals surface area (Å²) < 4.78 is 0.150. The van der Waals surface area contributed by atoms with Gasteiger partial charge in [0, 0.05) is 49.5 Å². The maximum absolute atomic E-state index is 13.3. The molecule has 0 aromatic heterocycles. The molecule has 2 aromatic rings. The summed E-state index contributed by atoms with van der Waals surface area (Å²) in [5.41, 5.74) is 7.07. The van der Waals surface area contributed by atoms with Crippen LogP contribution in [0.25, 0.3) is 10.8 Å². The highest BCUT2D eigenvalue weighted by Crippen LogP contribution is 2.53. The van der Waals surface area contributed by atoms with Gasteiger partial charge in [-0.3, -0.25) is 9.69 Å². The Balaban J connectivity index is 1.38. The van der Waals surface area contributed by atoms with E-state index in [0.717, 1.165) is 60.3 Å². The molecule has 3 aliphatic rings. The van der Waals surface area contributed by atoms with Gasteiger partial charge >= 0.3 is 0 Å². The van der Waals surface area contributed by atoms with Gasteiger partial charge in [-0.2, -0.15) is 0 Å². The van der Waals surface area contributed by atoms with E-state index in [0.29, 0.717) is 12.1 Å². The lowest BCUT2D eigenvalue weighted by Gasteiger charge is -2.53. The zero-order chi connectivity index (χ0) is 18.4. The van der Waals surface area contributed by atoms with Crippen molar-refractivity contribution in [1.29, 1.82) is 0 Å². The van der Waals surface area contributed by atoms with Gasteiger partial charge in [-0.15, -0.1) is 23.5 Å². The van der Waals surface area contributed by atoms with Crippen LogP contribution in [0.2, 0.25) is 0 Å². The monoisotopic (exact) mass is 399 g/mol. The fourth-order valence-corrected chi connectivity index (χ4v) is 8.31. The van der Waals surface area contributed by atoms with Crippen molar-refractivity contribution in [2.24, 2.45) is 5.73 Å². The van der Waals surface area contributed by atoms with Crippen molar-refractivity contribution in [3.05, 3.63) is 48.0 Å². The Labute approximate surface area is 168 Å². The molecule has 142 valence electrons. The molecule has 2 N–H and O–H groups in total. The van der Waals surface area contributed by atoms with Gasteiger partial charge in [0.05, 0.1) is 0 Å². The summed E-state index contributed by atoms with van der Waals surface area (Å²) in [5, 5.41) is 2.19. The van der Waals surface area contributed by atoms with E-state index in [1.807, 2.05) is 36.0 Å². The van der Waals surface area contributed by atoms with Crippen LogP contribution in [-0.4, -0.2) is 63.1 Å². The highest BCUT2D eigenvalue weighted by atomic mass is 32.2. The summed E-state index contributed by atoms with van der Waals surface area (Å²) in [7, 11) is 0. The van der Waals surface area contributed by atoms with Crippen LogP contribution >= 0.6 is 23.5 Å². The molecule has 27 heavy (non-hydrogen) atoms. The van der Waals surface area contributed by atoms with Gasteiger partial charge in [-0.1, -0.05) is 36.4 Å². The Hall–Kier alpha value is -1.21. The molecule has 3 heterocycles. The van der Waals surface area contributed by atoms with Crippen LogP contribution in [0.4, 0.5) is 0 Å². The van der Waals surface area contributed by atoms with E-state index in [4.69, 9.17) is 5.73 Å². The fraction of sp³-hybridized carbons (Fsp3) is 0.476. The number of nitrogens with two attached hydrogens (primary N) is 1. The van der Waals surface area contributed by atoms with Crippen molar-refractivity contribution in [2.75, 3.05) is 31.1 Å². The van der Waals surface area contributed by atoms with E-state index in [2.05, 4.69) is 39.8 Å². The Bertz CT molecular complexity index is 866. The fourth-order valence-electron chi connectivity index (χ4n) is 4.74. The summed E-state index contributed by atoms with van der Waals surface area (Å²) in [6.45, 7) is 2.59. The van der Waals surface area contributed by atoms with Crippen molar-refractivity contribution < 1.29 is 4.79 Å². The highest BCUT2D eigenvalue weighted by molar-refractivity contribution is 8.18. The topological polar surface area (TPSA) is 49.6 Å². The number of hydrogen-bond acceptors (Lipinski definition) is 5. The molecule has 0 radical (unpaired) electrons. The molecule has 3 saturated heterocycles. The van der Waals surface area contributed by atoms with Crippen LogP contribution < -0.4 is 5.73 Å². The van der Waals surface area contributed by atoms with Gasteiger partial charge < -0.3 is 10.6 Å². The largest absolute Gasteiger partial charge is 0.336 e. The van der Waals surface area contributed by atoms with Crippen LogP contribution in [0.1, 0.15) is 23.2 Å². The van der Waals surface area contributed by atoms with Gasteiger partial charge in [0.15, 0.2) is 0 Å². The van der Waals surface area contributed by atoms with Crippen LogP contribution in [0.5, 0.6) is 0 Å². The number of thioether (sulfide) groups is 2. The first-order valence-corrected chi connectivity index (χ1v) is 11.7. The van der Waals surface area contributed by atoms with Gasteiger partial charge in [-0.25, -0.2) is 0 Å². The number of nitrogens with zero attached hydrogens (tertiary/aromatic N) is 2. The first-order chi connectivity index (χ1) is 13.2. The zero-order valence-corrected chi connectivity index (χ0v) is 17.0. The van der Waals surface area contributed by atoms with Gasteiger partial charge in [-0.05, 0) is 29.0 Å². The second kappa shape index (κ2) is 6.99. The Morgan fingerprint density at radius 3 is 2.81 bits per heavy atom. The third-order valence-corrected chi connectivity index (χ3v) is 9.50. The van der Waals surface area contributed by atoms with Crippen LogP contribution in [0.15, 0.2) is 42.5 Å². The molecule has 1 spiro atoms. The second-order valence-electron chi connectivity index (χ2n) is 7.75. The van der Waals surface area contributed by atoms with Gasteiger partial charge in [0.2, 0.25) is 0 Å². The number of carbonyl (C=O) groups is 1. The van der Waals surface area contributed by atoms with E-state index in [1.54, 1.807) is 0 Å². The molecule has 3 atom stereocenters. The molecular weight excluding hydrogens is 374 g/mol. The average molecular weight is 400 g/mol.